The summed E-state index contributed by atoms with van der Waals surface area (Å²) in [7, 11) is 0. The molecule has 352 valence electrons. The Morgan fingerprint density at radius 1 is 0.179 bits per heavy atom. The molecule has 1 aliphatic rings. The molecule has 0 fully saturated rings. The molecule has 0 aliphatic heterocycles. The van der Waals surface area contributed by atoms with Crippen molar-refractivity contribution in [3.63, 3.8) is 0 Å². The molecule has 0 atom stereocenters. The summed E-state index contributed by atoms with van der Waals surface area (Å²) >= 11 is 0. The van der Waals surface area contributed by atoms with Crippen molar-refractivity contribution in [3.8, 4) is 72.8 Å². The van der Waals surface area contributed by atoms with Crippen molar-refractivity contribution >= 4 is 129 Å². The van der Waals surface area contributed by atoms with E-state index in [1.165, 1.54) is 191 Å². The van der Waals surface area contributed by atoms with E-state index < -0.39 is 0 Å². The second kappa shape index (κ2) is 14.5. The Balaban J connectivity index is 0.936. The maximum absolute atomic E-state index is 10.4. The largest absolute Gasteiger partial charge is 0.192 e. The standard InChI is InChI=1S/C77H39N/c78-40-45-24-25-58-65-46(45)22-13-23-57(65)74-63(43-18-9-3-10-19-43)76-61-38-34-55-51-30-28-49-53-32-36-59-66-47(41-14-5-1-6-15-41)26-27-48(42-16-7-2-8-17-42)67(66)60-37-33-54(70(53)72(59)60)50-29-31-52(69(51)68(49)50)56-35-39-62(73(61)71(55)56)77(76)64(75(58)74)44-20-11-4-12-21-44/h1-39H. The lowest BCUT2D eigenvalue weighted by Crippen LogP contribution is -1.91. The van der Waals surface area contributed by atoms with Gasteiger partial charge in [0.2, 0.25) is 0 Å². The highest BCUT2D eigenvalue weighted by molar-refractivity contribution is 6.51. The normalized spacial score (nSPS) is 12.6. The van der Waals surface area contributed by atoms with Gasteiger partial charge >= 0.3 is 0 Å². The van der Waals surface area contributed by atoms with Gasteiger partial charge in [0, 0.05) is 5.39 Å². The van der Waals surface area contributed by atoms with E-state index in [9.17, 15) is 5.26 Å². The molecule has 0 aromatic heterocycles. The van der Waals surface area contributed by atoms with Crippen molar-refractivity contribution < 1.29 is 0 Å². The Morgan fingerprint density at radius 2 is 0.474 bits per heavy atom. The highest BCUT2D eigenvalue weighted by Gasteiger charge is 2.32. The average Bonchev–Trinajstić information content (AvgIpc) is 4.34. The smallest absolute Gasteiger partial charge is 0.0998 e. The summed E-state index contributed by atoms with van der Waals surface area (Å²) in [5.74, 6) is 0. The van der Waals surface area contributed by atoms with Crippen molar-refractivity contribution in [2.75, 3.05) is 0 Å². The van der Waals surface area contributed by atoms with Gasteiger partial charge in [0.25, 0.3) is 0 Å². The zero-order valence-corrected chi connectivity index (χ0v) is 42.0. The van der Waals surface area contributed by atoms with Gasteiger partial charge in [0.05, 0.1) is 11.6 Å². The molecule has 0 heterocycles. The molecule has 18 aromatic carbocycles. The molecule has 0 N–H and O–H groups in total. The summed E-state index contributed by atoms with van der Waals surface area (Å²) in [5.41, 5.74) is 15.9. The molecule has 1 aliphatic carbocycles. The molecule has 0 saturated carbocycles. The molecule has 78 heavy (non-hydrogen) atoms. The van der Waals surface area contributed by atoms with Gasteiger partial charge < -0.3 is 0 Å². The van der Waals surface area contributed by atoms with Crippen LogP contribution >= 0.6 is 0 Å². The van der Waals surface area contributed by atoms with Gasteiger partial charge in [0.15, 0.2) is 0 Å². The fraction of sp³-hybridized carbons (Fsp3) is 0. The maximum Gasteiger partial charge on any atom is 0.0998 e. The van der Waals surface area contributed by atoms with Crippen LogP contribution in [0.3, 0.4) is 0 Å². The van der Waals surface area contributed by atoms with Gasteiger partial charge in [-0.2, -0.15) is 5.26 Å². The Hall–Kier alpha value is -10.4. The third kappa shape index (κ3) is 4.85. The van der Waals surface area contributed by atoms with Crippen molar-refractivity contribution in [2.24, 2.45) is 0 Å². The number of fused-ring (bicyclic) bond motifs is 13. The Morgan fingerprint density at radius 3 is 0.885 bits per heavy atom. The predicted molar refractivity (Wildman–Crippen MR) is 332 cm³/mol. The summed E-state index contributed by atoms with van der Waals surface area (Å²) in [6.07, 6.45) is 0. The highest BCUT2D eigenvalue weighted by Crippen LogP contribution is 2.60. The first kappa shape index (κ1) is 40.9. The lowest BCUT2D eigenvalue weighted by molar-refractivity contribution is 1.51. The molecular weight excluding hydrogens is 939 g/mol. The third-order valence-electron chi connectivity index (χ3n) is 18.4. The number of hydrogen-bond acceptors (Lipinski definition) is 1. The Bertz CT molecular complexity index is 5400. The molecule has 1 heteroatoms. The van der Waals surface area contributed by atoms with Crippen molar-refractivity contribution in [1.29, 1.82) is 5.26 Å². The van der Waals surface area contributed by atoms with E-state index in [0.717, 1.165) is 5.39 Å². The molecule has 1 nitrogen and oxygen atoms in total. The van der Waals surface area contributed by atoms with Gasteiger partial charge in [-0.15, -0.1) is 0 Å². The fourth-order valence-electron chi connectivity index (χ4n) is 15.5. The fourth-order valence-corrected chi connectivity index (χ4v) is 15.5. The van der Waals surface area contributed by atoms with Crippen LogP contribution in [0, 0.1) is 11.3 Å². The summed E-state index contributed by atoms with van der Waals surface area (Å²) in [6.45, 7) is 0. The first-order valence-corrected chi connectivity index (χ1v) is 27.1. The van der Waals surface area contributed by atoms with Crippen LogP contribution in [0.15, 0.2) is 237 Å². The summed E-state index contributed by atoms with van der Waals surface area (Å²) < 4.78 is 0. The minimum Gasteiger partial charge on any atom is -0.192 e. The number of nitrogens with zero attached hydrogens (tertiary/aromatic N) is 1. The lowest BCUT2D eigenvalue weighted by atomic mass is 9.83. The van der Waals surface area contributed by atoms with E-state index in [0.29, 0.717) is 5.56 Å². The third-order valence-corrected chi connectivity index (χ3v) is 18.4. The van der Waals surface area contributed by atoms with Crippen LogP contribution in [0.4, 0.5) is 0 Å². The summed E-state index contributed by atoms with van der Waals surface area (Å²) in [4.78, 5) is 0. The topological polar surface area (TPSA) is 23.8 Å². The maximum atomic E-state index is 10.4. The first-order chi connectivity index (χ1) is 38.7. The van der Waals surface area contributed by atoms with Gasteiger partial charge in [-0.3, -0.25) is 0 Å². The van der Waals surface area contributed by atoms with Crippen molar-refractivity contribution in [1.82, 2.24) is 0 Å². The van der Waals surface area contributed by atoms with Gasteiger partial charge in [0.1, 0.15) is 0 Å². The monoisotopic (exact) mass is 977 g/mol. The summed E-state index contributed by atoms with van der Waals surface area (Å²) in [5, 5.41) is 41.1. The van der Waals surface area contributed by atoms with Crippen LogP contribution in [0.5, 0.6) is 0 Å². The molecule has 0 unspecified atom stereocenters. The van der Waals surface area contributed by atoms with Crippen molar-refractivity contribution in [2.45, 2.75) is 0 Å². The molecular formula is C77H39N. The zero-order chi connectivity index (χ0) is 50.6. The van der Waals surface area contributed by atoms with Crippen molar-refractivity contribution in [3.05, 3.63) is 242 Å². The van der Waals surface area contributed by atoms with Crippen LogP contribution in [-0.2, 0) is 0 Å². The number of benzene rings is 16. The second-order valence-corrected chi connectivity index (χ2v) is 21.8. The minimum atomic E-state index is 0.707. The predicted octanol–water partition coefficient (Wildman–Crippen LogP) is 21.5. The van der Waals surface area contributed by atoms with Crippen LogP contribution in [0.25, 0.3) is 196 Å². The van der Waals surface area contributed by atoms with Crippen LogP contribution in [0.1, 0.15) is 5.56 Å². The van der Waals surface area contributed by atoms with E-state index >= 15 is 0 Å². The van der Waals surface area contributed by atoms with Gasteiger partial charge in [-0.05, 0) is 197 Å². The van der Waals surface area contributed by atoms with E-state index in [2.05, 4.69) is 237 Å². The van der Waals surface area contributed by atoms with E-state index in [1.54, 1.807) is 0 Å². The lowest BCUT2D eigenvalue weighted by Gasteiger charge is -2.20. The van der Waals surface area contributed by atoms with Crippen LogP contribution in [-0.4, -0.2) is 0 Å². The molecule has 19 rings (SSSR count). The van der Waals surface area contributed by atoms with E-state index in [1.807, 2.05) is 6.07 Å². The molecule has 0 bridgehead atoms. The second-order valence-electron chi connectivity index (χ2n) is 21.8. The average molecular weight is 978 g/mol. The Kier molecular flexibility index (Phi) is 7.61. The Labute approximate surface area is 447 Å². The minimum absolute atomic E-state index is 0.707. The summed E-state index contributed by atoms with van der Waals surface area (Å²) in [6, 6.07) is 91.2. The van der Waals surface area contributed by atoms with Crippen LogP contribution < -0.4 is 0 Å². The molecule has 18 aromatic rings. The van der Waals surface area contributed by atoms with Gasteiger partial charge in [-0.25, -0.2) is 0 Å². The molecule has 0 spiro atoms. The van der Waals surface area contributed by atoms with Gasteiger partial charge in [-0.1, -0.05) is 231 Å². The highest BCUT2D eigenvalue weighted by atomic mass is 14.3. The van der Waals surface area contributed by atoms with E-state index in [4.69, 9.17) is 0 Å². The SMILES string of the molecule is N#Cc1ccc2c3c(-c4ccccc4)c4c5ccc6c7ccc8c9ccc%10c%11c(ccc(c%12ccc(c%13ccc(c4c(-c4ccccc4)c3c3cccc1c32)c5c%136)c7c%128)c%119)-c1c(-c2ccccc2)ccc(-c2ccccc2)c1-%10. The molecule has 0 radical (unpaired) electrons. The quantitative estimate of drug-likeness (QED) is 0.127. The number of nitriles is 1. The first-order valence-electron chi connectivity index (χ1n) is 27.1. The molecule has 0 amide bonds. The van der Waals surface area contributed by atoms with Crippen LogP contribution in [0.2, 0.25) is 0 Å². The number of rotatable bonds is 4. The number of hydrogen-bond donors (Lipinski definition) is 0. The zero-order valence-electron chi connectivity index (χ0n) is 42.0. The molecule has 0 saturated heterocycles. The van der Waals surface area contributed by atoms with E-state index in [-0.39, 0.29) is 0 Å².